The highest BCUT2D eigenvalue weighted by Crippen LogP contribution is 2.20. The SMILES string of the molecule is CC(=O)OC[C@H]1O[C@H](CC=NO[C@@H](C)c2cn([C@H](CO)Cc3ccccc3)nn2)C=C[C@@H]1OC(C)=O. The molecule has 11 heteroatoms. The van der Waals surface area contributed by atoms with Crippen LogP contribution in [-0.4, -0.2) is 69.8 Å². The zero-order valence-electron chi connectivity index (χ0n) is 20.6. The molecule has 0 fully saturated rings. The van der Waals surface area contributed by atoms with Crippen molar-refractivity contribution in [2.75, 3.05) is 13.2 Å². The highest BCUT2D eigenvalue weighted by molar-refractivity contribution is 5.67. The summed E-state index contributed by atoms with van der Waals surface area (Å²) in [6.07, 6.45) is 5.73. The van der Waals surface area contributed by atoms with Crippen LogP contribution in [0.5, 0.6) is 0 Å². The molecule has 1 aromatic carbocycles. The first kappa shape index (κ1) is 27.0. The van der Waals surface area contributed by atoms with Gasteiger partial charge in [-0.2, -0.15) is 0 Å². The number of esters is 2. The fourth-order valence-corrected chi connectivity index (χ4v) is 3.60. The third kappa shape index (κ3) is 8.28. The molecular formula is C25H32N4O7. The van der Waals surface area contributed by atoms with E-state index >= 15 is 0 Å². The number of hydrogen-bond acceptors (Lipinski definition) is 10. The lowest BCUT2D eigenvalue weighted by Gasteiger charge is -2.31. The minimum Gasteiger partial charge on any atom is -0.463 e. The lowest BCUT2D eigenvalue weighted by molar-refractivity contribution is -0.163. The van der Waals surface area contributed by atoms with Crippen LogP contribution in [0.1, 0.15) is 50.6 Å². The van der Waals surface area contributed by atoms with Crippen molar-refractivity contribution in [1.82, 2.24) is 15.0 Å². The zero-order chi connectivity index (χ0) is 25.9. The van der Waals surface area contributed by atoms with Gasteiger partial charge < -0.3 is 24.2 Å². The van der Waals surface area contributed by atoms with Crippen molar-refractivity contribution in [2.24, 2.45) is 5.16 Å². The smallest absolute Gasteiger partial charge is 0.303 e. The Morgan fingerprint density at radius 1 is 1.22 bits per heavy atom. The summed E-state index contributed by atoms with van der Waals surface area (Å²) in [4.78, 5) is 28.0. The Hall–Kier alpha value is -3.57. The number of aliphatic hydroxyl groups is 1. The third-order valence-corrected chi connectivity index (χ3v) is 5.46. The Kier molecular flexibility index (Phi) is 10.1. The van der Waals surface area contributed by atoms with Crippen LogP contribution >= 0.6 is 0 Å². The van der Waals surface area contributed by atoms with Crippen LogP contribution in [0.15, 0.2) is 53.8 Å². The molecule has 2 aromatic rings. The van der Waals surface area contributed by atoms with Gasteiger partial charge in [0.1, 0.15) is 24.5 Å². The number of aromatic nitrogens is 3. The van der Waals surface area contributed by atoms with E-state index in [1.54, 1.807) is 36.2 Å². The summed E-state index contributed by atoms with van der Waals surface area (Å²) in [6, 6.07) is 9.62. The summed E-state index contributed by atoms with van der Waals surface area (Å²) in [5, 5.41) is 22.1. The van der Waals surface area contributed by atoms with Gasteiger partial charge in [-0.25, -0.2) is 4.68 Å². The number of carbonyl (C=O) groups excluding carboxylic acids is 2. The molecule has 1 aliphatic heterocycles. The lowest BCUT2D eigenvalue weighted by Crippen LogP contribution is -2.41. The van der Waals surface area contributed by atoms with Gasteiger partial charge >= 0.3 is 11.9 Å². The van der Waals surface area contributed by atoms with Gasteiger partial charge in [0.2, 0.25) is 0 Å². The summed E-state index contributed by atoms with van der Waals surface area (Å²) < 4.78 is 17.8. The number of benzene rings is 1. The number of nitrogens with zero attached hydrogens (tertiary/aromatic N) is 4. The fraction of sp³-hybridized carbons (Fsp3) is 0.480. The summed E-state index contributed by atoms with van der Waals surface area (Å²) in [6.45, 7) is 4.30. The van der Waals surface area contributed by atoms with Crippen molar-refractivity contribution in [3.8, 4) is 0 Å². The van der Waals surface area contributed by atoms with E-state index in [9.17, 15) is 14.7 Å². The highest BCUT2D eigenvalue weighted by Gasteiger charge is 2.30. The second-order valence-corrected chi connectivity index (χ2v) is 8.40. The summed E-state index contributed by atoms with van der Waals surface area (Å²) >= 11 is 0. The molecule has 0 bridgehead atoms. The highest BCUT2D eigenvalue weighted by atomic mass is 16.6. The molecular weight excluding hydrogens is 468 g/mol. The van der Waals surface area contributed by atoms with Crippen LogP contribution in [0, 0.1) is 0 Å². The second-order valence-electron chi connectivity index (χ2n) is 8.40. The molecule has 36 heavy (non-hydrogen) atoms. The first-order valence-corrected chi connectivity index (χ1v) is 11.7. The van der Waals surface area contributed by atoms with Gasteiger partial charge in [-0.15, -0.1) is 5.10 Å². The minimum atomic E-state index is -0.640. The molecule has 2 heterocycles. The average molecular weight is 501 g/mol. The van der Waals surface area contributed by atoms with E-state index in [1.807, 2.05) is 30.3 Å². The molecule has 1 aromatic heterocycles. The number of ether oxygens (including phenoxy) is 3. The number of oxime groups is 1. The first-order valence-electron chi connectivity index (χ1n) is 11.7. The molecule has 0 saturated heterocycles. The van der Waals surface area contributed by atoms with Crippen molar-refractivity contribution in [3.05, 3.63) is 59.9 Å². The number of hydrogen-bond donors (Lipinski definition) is 1. The third-order valence-electron chi connectivity index (χ3n) is 5.46. The number of rotatable bonds is 12. The van der Waals surface area contributed by atoms with Gasteiger partial charge in [0, 0.05) is 26.5 Å². The molecule has 0 amide bonds. The van der Waals surface area contributed by atoms with Crippen LogP contribution in [0.4, 0.5) is 0 Å². The topological polar surface area (TPSA) is 134 Å². The van der Waals surface area contributed by atoms with E-state index in [4.69, 9.17) is 19.0 Å². The van der Waals surface area contributed by atoms with Gasteiger partial charge in [-0.3, -0.25) is 9.59 Å². The Bertz CT molecular complexity index is 1040. The Morgan fingerprint density at radius 3 is 2.69 bits per heavy atom. The van der Waals surface area contributed by atoms with E-state index < -0.39 is 30.3 Å². The predicted molar refractivity (Wildman–Crippen MR) is 129 cm³/mol. The van der Waals surface area contributed by atoms with Crippen LogP contribution in [-0.2, 0) is 35.1 Å². The molecule has 194 valence electrons. The monoisotopic (exact) mass is 500 g/mol. The van der Waals surface area contributed by atoms with Crippen molar-refractivity contribution in [3.63, 3.8) is 0 Å². The molecule has 5 atom stereocenters. The van der Waals surface area contributed by atoms with E-state index in [1.165, 1.54) is 13.8 Å². The van der Waals surface area contributed by atoms with Gasteiger partial charge in [-0.1, -0.05) is 46.8 Å². The molecule has 0 aliphatic carbocycles. The van der Waals surface area contributed by atoms with Gasteiger partial charge in [0.05, 0.1) is 24.9 Å². The molecule has 11 nitrogen and oxygen atoms in total. The van der Waals surface area contributed by atoms with E-state index in [0.717, 1.165) is 5.56 Å². The van der Waals surface area contributed by atoms with Crippen molar-refractivity contribution >= 4 is 18.2 Å². The van der Waals surface area contributed by atoms with Crippen molar-refractivity contribution in [1.29, 1.82) is 0 Å². The Labute approximate surface area is 209 Å². The Morgan fingerprint density at radius 2 is 2.00 bits per heavy atom. The maximum absolute atomic E-state index is 11.3. The van der Waals surface area contributed by atoms with E-state index in [0.29, 0.717) is 18.5 Å². The van der Waals surface area contributed by atoms with E-state index in [2.05, 4.69) is 15.5 Å². The van der Waals surface area contributed by atoms with Crippen molar-refractivity contribution < 1.29 is 33.7 Å². The Balaban J connectivity index is 1.51. The maximum atomic E-state index is 11.3. The largest absolute Gasteiger partial charge is 0.463 e. The summed E-state index contributed by atoms with van der Waals surface area (Å²) in [5.74, 6) is -0.900. The lowest BCUT2D eigenvalue weighted by atomic mass is 10.1. The van der Waals surface area contributed by atoms with Crippen LogP contribution < -0.4 is 0 Å². The molecule has 0 spiro atoms. The normalized spacial score (nSPS) is 21.2. The van der Waals surface area contributed by atoms with Crippen LogP contribution in [0.2, 0.25) is 0 Å². The van der Waals surface area contributed by atoms with Crippen LogP contribution in [0.25, 0.3) is 0 Å². The van der Waals surface area contributed by atoms with E-state index in [-0.39, 0.29) is 25.4 Å². The predicted octanol–water partition coefficient (Wildman–Crippen LogP) is 2.33. The summed E-state index contributed by atoms with van der Waals surface area (Å²) in [5.41, 5.74) is 1.67. The molecule has 1 aliphatic rings. The molecule has 0 radical (unpaired) electrons. The quantitative estimate of drug-likeness (QED) is 0.202. The molecule has 3 rings (SSSR count). The van der Waals surface area contributed by atoms with Gasteiger partial charge in [-0.05, 0) is 25.0 Å². The fourth-order valence-electron chi connectivity index (χ4n) is 3.60. The first-order chi connectivity index (χ1) is 17.4. The van der Waals surface area contributed by atoms with Crippen molar-refractivity contribution in [2.45, 2.75) is 64.1 Å². The standard InChI is InChI=1S/C25H32N4O7/c1-17(23-14-29(28-27-23)21(15-30)13-20-7-5-4-6-8-20)36-26-12-11-22-9-10-24(34-19(3)32)25(35-22)16-33-18(2)31/h4-10,12,14,17,21-22,24-25,30H,11,13,15-16H2,1-3H3/t17-,21-,22-,24-,25+/m0/s1. The second kappa shape index (κ2) is 13.5. The van der Waals surface area contributed by atoms with Crippen LogP contribution in [0.3, 0.4) is 0 Å². The van der Waals surface area contributed by atoms with Gasteiger partial charge in [0.25, 0.3) is 0 Å². The molecule has 0 saturated carbocycles. The number of aliphatic hydroxyl groups excluding tert-OH is 1. The van der Waals surface area contributed by atoms with Gasteiger partial charge in [0.15, 0.2) is 6.10 Å². The zero-order valence-corrected chi connectivity index (χ0v) is 20.6. The minimum absolute atomic E-state index is 0.0342. The molecule has 1 N–H and O–H groups in total. The maximum Gasteiger partial charge on any atom is 0.303 e. The number of carbonyl (C=O) groups is 2. The average Bonchev–Trinajstić information content (AvgIpc) is 3.35. The molecule has 0 unspecified atom stereocenters. The summed E-state index contributed by atoms with van der Waals surface area (Å²) in [7, 11) is 0.